The second-order valence-electron chi connectivity index (χ2n) is 7.85. The quantitative estimate of drug-likeness (QED) is 0.873. The van der Waals surface area contributed by atoms with Gasteiger partial charge in [-0.05, 0) is 35.8 Å². The van der Waals surface area contributed by atoms with E-state index in [-0.39, 0.29) is 5.41 Å². The summed E-state index contributed by atoms with van der Waals surface area (Å²) in [5.41, 5.74) is 1.25. The predicted molar refractivity (Wildman–Crippen MR) is 90.6 cm³/mol. The number of piperidine rings is 1. The normalized spacial score (nSPS) is 24.0. The largest absolute Gasteiger partial charge is 0.490 e. The van der Waals surface area contributed by atoms with Crippen LogP contribution in [0.1, 0.15) is 46.1 Å². The summed E-state index contributed by atoms with van der Waals surface area (Å²) in [5.74, 6) is 1.74. The first kappa shape index (κ1) is 17.3. The summed E-state index contributed by atoms with van der Waals surface area (Å²) < 4.78 is 5.92. The monoisotopic (exact) mass is 306 g/mol. The molecular weight excluding hydrogens is 274 g/mol. The number of nitrogens with one attached hydrogen (secondary N) is 1. The van der Waals surface area contributed by atoms with Gasteiger partial charge in [0, 0.05) is 0 Å². The van der Waals surface area contributed by atoms with Crippen molar-refractivity contribution < 1.29 is 14.7 Å². The van der Waals surface area contributed by atoms with Gasteiger partial charge in [-0.25, -0.2) is 0 Å². The van der Waals surface area contributed by atoms with Crippen molar-refractivity contribution in [3.63, 3.8) is 0 Å². The molecule has 2 N–H and O–H groups in total. The summed E-state index contributed by atoms with van der Waals surface area (Å²) in [4.78, 5) is 1.51. The van der Waals surface area contributed by atoms with Crippen LogP contribution in [0.15, 0.2) is 24.3 Å². The topological polar surface area (TPSA) is 33.9 Å². The lowest BCUT2D eigenvalue weighted by Gasteiger charge is -2.29. The van der Waals surface area contributed by atoms with E-state index >= 15 is 0 Å². The Labute approximate surface area is 135 Å². The maximum absolute atomic E-state index is 10.3. The highest BCUT2D eigenvalue weighted by Gasteiger charge is 2.23. The Morgan fingerprint density at radius 2 is 1.86 bits per heavy atom. The molecule has 1 aliphatic rings. The van der Waals surface area contributed by atoms with Crippen LogP contribution in [-0.2, 0) is 5.41 Å². The minimum atomic E-state index is -0.392. The number of para-hydroxylation sites is 1. The van der Waals surface area contributed by atoms with Crippen molar-refractivity contribution in [1.29, 1.82) is 0 Å². The van der Waals surface area contributed by atoms with Crippen LogP contribution in [0.3, 0.4) is 0 Å². The molecule has 0 unspecified atom stereocenters. The molecule has 0 saturated carbocycles. The van der Waals surface area contributed by atoms with Crippen molar-refractivity contribution in [2.45, 2.75) is 52.1 Å². The van der Waals surface area contributed by atoms with Gasteiger partial charge in [0.05, 0.1) is 13.1 Å². The highest BCUT2D eigenvalue weighted by atomic mass is 16.5. The van der Waals surface area contributed by atoms with Crippen LogP contribution in [0.2, 0.25) is 0 Å². The molecule has 0 bridgehead atoms. The lowest BCUT2D eigenvalue weighted by molar-refractivity contribution is -0.909. The van der Waals surface area contributed by atoms with Crippen LogP contribution in [-0.4, -0.2) is 37.5 Å². The second kappa shape index (κ2) is 7.47. The van der Waals surface area contributed by atoms with E-state index in [4.69, 9.17) is 4.74 Å². The van der Waals surface area contributed by atoms with Crippen molar-refractivity contribution in [3.05, 3.63) is 29.8 Å². The summed E-state index contributed by atoms with van der Waals surface area (Å²) in [6.07, 6.45) is 2.15. The first-order valence-electron chi connectivity index (χ1n) is 8.60. The number of likely N-dealkylation sites (tertiary alicyclic amines) is 1. The highest BCUT2D eigenvalue weighted by Crippen LogP contribution is 2.30. The molecule has 1 fully saturated rings. The van der Waals surface area contributed by atoms with Gasteiger partial charge in [-0.3, -0.25) is 0 Å². The molecule has 0 aliphatic carbocycles. The Balaban J connectivity index is 1.85. The first-order chi connectivity index (χ1) is 10.4. The van der Waals surface area contributed by atoms with Crippen molar-refractivity contribution in [1.82, 2.24) is 0 Å². The van der Waals surface area contributed by atoms with E-state index in [0.717, 1.165) is 18.2 Å². The minimum Gasteiger partial charge on any atom is -0.490 e. The number of hydrogen-bond donors (Lipinski definition) is 2. The predicted octanol–water partition coefficient (Wildman–Crippen LogP) is 2.04. The third-order valence-electron chi connectivity index (χ3n) is 4.63. The van der Waals surface area contributed by atoms with Crippen LogP contribution in [0.4, 0.5) is 0 Å². The summed E-state index contributed by atoms with van der Waals surface area (Å²) in [7, 11) is 0. The fourth-order valence-electron chi connectivity index (χ4n) is 3.16. The maximum atomic E-state index is 10.3. The standard InChI is InChI=1S/C19H31NO2/c1-15-9-11-20(12-10-15)13-16(21)14-22-18-8-6-5-7-17(18)19(2,3)4/h5-8,15-16,21H,9-14H2,1-4H3/p+1/t16-/m0/s1. The van der Waals surface area contributed by atoms with E-state index in [1.807, 2.05) is 18.2 Å². The minimum absolute atomic E-state index is 0.0514. The van der Waals surface area contributed by atoms with Gasteiger partial charge in [-0.15, -0.1) is 0 Å². The van der Waals surface area contributed by atoms with E-state index < -0.39 is 6.10 Å². The SMILES string of the molecule is CC1CC[NH+](C[C@H](O)COc2ccccc2C(C)(C)C)CC1. The molecule has 1 aliphatic heterocycles. The molecule has 1 aromatic carbocycles. The molecule has 3 nitrogen and oxygen atoms in total. The molecule has 1 aromatic rings. The molecule has 0 spiro atoms. The molecule has 1 saturated heterocycles. The number of aliphatic hydroxyl groups excluding tert-OH is 1. The van der Waals surface area contributed by atoms with Gasteiger partial charge in [0.15, 0.2) is 0 Å². The van der Waals surface area contributed by atoms with Gasteiger partial charge in [-0.2, -0.15) is 0 Å². The Morgan fingerprint density at radius 1 is 1.23 bits per heavy atom. The molecule has 2 rings (SSSR count). The average molecular weight is 306 g/mol. The van der Waals surface area contributed by atoms with E-state index in [0.29, 0.717) is 6.61 Å². The number of hydrogen-bond acceptors (Lipinski definition) is 2. The van der Waals surface area contributed by atoms with E-state index in [2.05, 4.69) is 33.8 Å². The molecule has 1 atom stereocenters. The third kappa shape index (κ3) is 4.99. The van der Waals surface area contributed by atoms with Crippen molar-refractivity contribution in [2.24, 2.45) is 5.92 Å². The fourth-order valence-corrected chi connectivity index (χ4v) is 3.16. The van der Waals surface area contributed by atoms with Gasteiger partial charge in [-0.1, -0.05) is 45.9 Å². The Kier molecular flexibility index (Phi) is 5.87. The molecule has 3 heteroatoms. The second-order valence-corrected chi connectivity index (χ2v) is 7.85. The van der Waals surface area contributed by atoms with E-state index in [1.54, 1.807) is 0 Å². The zero-order chi connectivity index (χ0) is 16.2. The molecule has 0 amide bonds. The molecule has 22 heavy (non-hydrogen) atoms. The van der Waals surface area contributed by atoms with Gasteiger partial charge in [0.2, 0.25) is 0 Å². The van der Waals surface area contributed by atoms with Crippen LogP contribution in [0.25, 0.3) is 0 Å². The smallest absolute Gasteiger partial charge is 0.137 e. The lowest BCUT2D eigenvalue weighted by atomic mass is 9.86. The highest BCUT2D eigenvalue weighted by molar-refractivity contribution is 5.38. The average Bonchev–Trinajstić information content (AvgIpc) is 2.47. The summed E-state index contributed by atoms with van der Waals surface area (Å²) in [6.45, 7) is 12.4. The van der Waals surface area contributed by atoms with Crippen molar-refractivity contribution in [2.75, 3.05) is 26.2 Å². The Hall–Kier alpha value is -1.06. The Morgan fingerprint density at radius 3 is 2.50 bits per heavy atom. The number of benzene rings is 1. The molecule has 124 valence electrons. The molecule has 1 heterocycles. The fraction of sp³-hybridized carbons (Fsp3) is 0.684. The number of aliphatic hydroxyl groups is 1. The number of rotatable bonds is 5. The zero-order valence-corrected chi connectivity index (χ0v) is 14.6. The molecule has 0 aromatic heterocycles. The van der Waals surface area contributed by atoms with Gasteiger partial charge in [0.1, 0.15) is 25.0 Å². The number of ether oxygens (including phenoxy) is 1. The van der Waals surface area contributed by atoms with Crippen LogP contribution in [0, 0.1) is 5.92 Å². The number of quaternary nitrogens is 1. The third-order valence-corrected chi connectivity index (χ3v) is 4.63. The summed E-state index contributed by atoms with van der Waals surface area (Å²) >= 11 is 0. The maximum Gasteiger partial charge on any atom is 0.137 e. The molecule has 0 radical (unpaired) electrons. The van der Waals surface area contributed by atoms with Gasteiger partial charge >= 0.3 is 0 Å². The van der Waals surface area contributed by atoms with Crippen LogP contribution in [0.5, 0.6) is 5.75 Å². The van der Waals surface area contributed by atoms with E-state index in [1.165, 1.54) is 36.4 Å². The van der Waals surface area contributed by atoms with Crippen LogP contribution >= 0.6 is 0 Å². The van der Waals surface area contributed by atoms with E-state index in [9.17, 15) is 5.11 Å². The molecular formula is C19H32NO2+. The van der Waals surface area contributed by atoms with Crippen LogP contribution < -0.4 is 9.64 Å². The Bertz CT molecular complexity index is 459. The lowest BCUT2D eigenvalue weighted by Crippen LogP contribution is -3.14. The van der Waals surface area contributed by atoms with Gasteiger partial charge in [0.25, 0.3) is 0 Å². The summed E-state index contributed by atoms with van der Waals surface area (Å²) in [6, 6.07) is 8.15. The zero-order valence-electron chi connectivity index (χ0n) is 14.6. The first-order valence-corrected chi connectivity index (χ1v) is 8.60. The summed E-state index contributed by atoms with van der Waals surface area (Å²) in [5, 5.41) is 10.3. The van der Waals surface area contributed by atoms with Crippen molar-refractivity contribution >= 4 is 0 Å². The van der Waals surface area contributed by atoms with Crippen molar-refractivity contribution in [3.8, 4) is 5.75 Å². The van der Waals surface area contributed by atoms with Gasteiger partial charge < -0.3 is 14.7 Å².